The fourth-order valence-corrected chi connectivity index (χ4v) is 6.75. The Balaban J connectivity index is 4.25. The van der Waals surface area contributed by atoms with Crippen molar-refractivity contribution in [3.63, 3.8) is 0 Å². The largest absolute Gasteiger partial charge is 0.462 e. The summed E-state index contributed by atoms with van der Waals surface area (Å²) < 4.78 is 16.7. The van der Waals surface area contributed by atoms with Gasteiger partial charge in [-0.25, -0.2) is 0 Å². The highest BCUT2D eigenvalue weighted by atomic mass is 16.6. The minimum atomic E-state index is -0.759. The van der Waals surface area contributed by atoms with Crippen molar-refractivity contribution in [2.24, 2.45) is 11.8 Å². The number of ether oxygens (including phenoxy) is 3. The van der Waals surface area contributed by atoms with E-state index in [4.69, 9.17) is 14.2 Å². The highest BCUT2D eigenvalue weighted by Crippen LogP contribution is 2.16. The van der Waals surface area contributed by atoms with Gasteiger partial charge in [-0.1, -0.05) is 208 Å². The predicted molar refractivity (Wildman–Crippen MR) is 220 cm³/mol. The van der Waals surface area contributed by atoms with E-state index in [0.717, 1.165) is 69.6 Å². The van der Waals surface area contributed by atoms with Crippen LogP contribution in [0.2, 0.25) is 0 Å². The number of carbonyl (C=O) groups is 3. The highest BCUT2D eigenvalue weighted by molar-refractivity contribution is 5.71. The molecule has 0 saturated heterocycles. The third kappa shape index (κ3) is 39.6. The zero-order valence-electron chi connectivity index (χ0n) is 35.4. The molecule has 0 saturated carbocycles. The van der Waals surface area contributed by atoms with Crippen molar-refractivity contribution < 1.29 is 28.6 Å². The third-order valence-corrected chi connectivity index (χ3v) is 10.2. The summed E-state index contributed by atoms with van der Waals surface area (Å²) in [6, 6.07) is 0. The van der Waals surface area contributed by atoms with Crippen LogP contribution in [-0.2, 0) is 28.6 Å². The molecule has 0 N–H and O–H groups in total. The molecule has 0 fully saturated rings. The summed E-state index contributed by atoms with van der Waals surface area (Å²) in [6.45, 7) is 11.3. The molecular formula is C46H88O6. The lowest BCUT2D eigenvalue weighted by Gasteiger charge is -2.18. The Morgan fingerprint density at radius 3 is 0.942 bits per heavy atom. The SMILES string of the molecule is CCCCCCCCCCCC(=O)O[C@H](COC(=O)CCCCCCCCCCCCCCCC(C)C)COC(=O)CCCCCCCCC(C)C. The van der Waals surface area contributed by atoms with Crippen LogP contribution in [-0.4, -0.2) is 37.2 Å². The normalized spacial score (nSPS) is 12.1. The second-order valence-electron chi connectivity index (χ2n) is 16.6. The molecular weight excluding hydrogens is 649 g/mol. The number of rotatable bonds is 40. The van der Waals surface area contributed by atoms with Gasteiger partial charge in [0.1, 0.15) is 13.2 Å². The summed E-state index contributed by atoms with van der Waals surface area (Å²) >= 11 is 0. The maximum absolute atomic E-state index is 12.6. The van der Waals surface area contributed by atoms with Gasteiger partial charge in [0.25, 0.3) is 0 Å². The Bertz CT molecular complexity index is 794. The average Bonchev–Trinajstić information content (AvgIpc) is 3.11. The number of hydrogen-bond acceptors (Lipinski definition) is 6. The van der Waals surface area contributed by atoms with Crippen LogP contribution in [0, 0.1) is 11.8 Å². The van der Waals surface area contributed by atoms with Gasteiger partial charge in [-0.05, 0) is 31.1 Å². The van der Waals surface area contributed by atoms with Gasteiger partial charge < -0.3 is 14.2 Å². The molecule has 0 aromatic rings. The first-order valence-electron chi connectivity index (χ1n) is 22.7. The average molecular weight is 737 g/mol. The molecule has 0 aliphatic heterocycles. The van der Waals surface area contributed by atoms with Crippen molar-refractivity contribution in [3.05, 3.63) is 0 Å². The molecule has 0 rings (SSSR count). The Morgan fingerprint density at radius 2 is 0.635 bits per heavy atom. The van der Waals surface area contributed by atoms with Crippen LogP contribution in [0.4, 0.5) is 0 Å². The van der Waals surface area contributed by atoms with Crippen molar-refractivity contribution in [3.8, 4) is 0 Å². The van der Waals surface area contributed by atoms with Crippen molar-refractivity contribution in [1.82, 2.24) is 0 Å². The Labute approximate surface area is 323 Å². The van der Waals surface area contributed by atoms with Gasteiger partial charge in [-0.3, -0.25) is 14.4 Å². The molecule has 0 aliphatic carbocycles. The smallest absolute Gasteiger partial charge is 0.306 e. The van der Waals surface area contributed by atoms with Crippen LogP contribution in [0.25, 0.3) is 0 Å². The van der Waals surface area contributed by atoms with Crippen LogP contribution >= 0.6 is 0 Å². The van der Waals surface area contributed by atoms with E-state index in [1.165, 1.54) is 135 Å². The summed E-state index contributed by atoms with van der Waals surface area (Å²) in [5.41, 5.74) is 0. The molecule has 1 atom stereocenters. The minimum absolute atomic E-state index is 0.0655. The van der Waals surface area contributed by atoms with E-state index in [0.29, 0.717) is 19.3 Å². The summed E-state index contributed by atoms with van der Waals surface area (Å²) in [7, 11) is 0. The maximum atomic E-state index is 12.6. The third-order valence-electron chi connectivity index (χ3n) is 10.2. The number of carbonyl (C=O) groups excluding carboxylic acids is 3. The van der Waals surface area contributed by atoms with E-state index in [9.17, 15) is 14.4 Å². The van der Waals surface area contributed by atoms with Crippen molar-refractivity contribution in [2.75, 3.05) is 13.2 Å². The summed E-state index contributed by atoms with van der Waals surface area (Å²) in [6.07, 6.45) is 36.7. The van der Waals surface area contributed by atoms with Crippen LogP contribution in [0.5, 0.6) is 0 Å². The van der Waals surface area contributed by atoms with Crippen LogP contribution in [0.3, 0.4) is 0 Å². The molecule has 0 spiro atoms. The van der Waals surface area contributed by atoms with Gasteiger partial charge in [0, 0.05) is 19.3 Å². The second-order valence-corrected chi connectivity index (χ2v) is 16.6. The molecule has 6 nitrogen and oxygen atoms in total. The molecule has 0 aromatic heterocycles. The van der Waals surface area contributed by atoms with E-state index in [1.54, 1.807) is 0 Å². The summed E-state index contributed by atoms with van der Waals surface area (Å²) in [5, 5.41) is 0. The zero-order chi connectivity index (χ0) is 38.3. The van der Waals surface area contributed by atoms with E-state index in [2.05, 4.69) is 34.6 Å². The molecule has 0 unspecified atom stereocenters. The van der Waals surface area contributed by atoms with E-state index in [1.807, 2.05) is 0 Å². The van der Waals surface area contributed by atoms with Gasteiger partial charge in [-0.15, -0.1) is 0 Å². The molecule has 0 aliphatic rings. The summed E-state index contributed by atoms with van der Waals surface area (Å²) in [5.74, 6) is 0.739. The molecule has 308 valence electrons. The molecule has 6 heteroatoms. The van der Waals surface area contributed by atoms with Crippen LogP contribution in [0.1, 0.15) is 247 Å². The van der Waals surface area contributed by atoms with Gasteiger partial charge in [0.15, 0.2) is 6.10 Å². The predicted octanol–water partition coefficient (Wildman–Crippen LogP) is 14.2. The number of hydrogen-bond donors (Lipinski definition) is 0. The lowest BCUT2D eigenvalue weighted by Crippen LogP contribution is -2.30. The topological polar surface area (TPSA) is 78.9 Å². The number of esters is 3. The second kappa shape index (κ2) is 39.1. The quantitative estimate of drug-likeness (QED) is 0.0354. The lowest BCUT2D eigenvalue weighted by atomic mass is 10.0. The lowest BCUT2D eigenvalue weighted by molar-refractivity contribution is -0.167. The molecule has 0 bridgehead atoms. The van der Waals surface area contributed by atoms with Gasteiger partial charge in [0.05, 0.1) is 0 Å². The fourth-order valence-electron chi connectivity index (χ4n) is 6.75. The maximum Gasteiger partial charge on any atom is 0.306 e. The van der Waals surface area contributed by atoms with Crippen LogP contribution in [0.15, 0.2) is 0 Å². The highest BCUT2D eigenvalue weighted by Gasteiger charge is 2.19. The van der Waals surface area contributed by atoms with Crippen molar-refractivity contribution >= 4 is 17.9 Å². The van der Waals surface area contributed by atoms with Crippen molar-refractivity contribution in [1.29, 1.82) is 0 Å². The Hall–Kier alpha value is -1.59. The monoisotopic (exact) mass is 737 g/mol. The molecule has 0 radical (unpaired) electrons. The van der Waals surface area contributed by atoms with E-state index >= 15 is 0 Å². The van der Waals surface area contributed by atoms with Gasteiger partial charge in [-0.2, -0.15) is 0 Å². The zero-order valence-corrected chi connectivity index (χ0v) is 35.4. The molecule has 52 heavy (non-hydrogen) atoms. The van der Waals surface area contributed by atoms with Crippen molar-refractivity contribution in [2.45, 2.75) is 253 Å². The molecule has 0 amide bonds. The number of unbranched alkanes of at least 4 members (excludes halogenated alkanes) is 25. The first kappa shape index (κ1) is 50.4. The van der Waals surface area contributed by atoms with Crippen LogP contribution < -0.4 is 0 Å². The van der Waals surface area contributed by atoms with E-state index in [-0.39, 0.29) is 31.1 Å². The summed E-state index contributed by atoms with van der Waals surface area (Å²) in [4.78, 5) is 37.6. The van der Waals surface area contributed by atoms with Gasteiger partial charge in [0.2, 0.25) is 0 Å². The molecule has 0 heterocycles. The Kier molecular flexibility index (Phi) is 37.9. The first-order chi connectivity index (χ1) is 25.2. The fraction of sp³-hybridized carbons (Fsp3) is 0.935. The van der Waals surface area contributed by atoms with E-state index < -0.39 is 6.10 Å². The molecule has 0 aromatic carbocycles. The Morgan fingerprint density at radius 1 is 0.365 bits per heavy atom. The first-order valence-corrected chi connectivity index (χ1v) is 22.7. The standard InChI is InChI=1S/C46H88O6/c1-6-7-8-9-10-16-21-28-33-38-46(49)52-43(40-51-45(48)37-32-27-23-22-25-30-35-42(4)5)39-50-44(47)36-31-26-20-18-15-13-11-12-14-17-19-24-29-34-41(2)3/h41-43H,6-40H2,1-5H3/t43-/m1/s1. The minimum Gasteiger partial charge on any atom is -0.462 e. The van der Waals surface area contributed by atoms with Gasteiger partial charge >= 0.3 is 17.9 Å².